The van der Waals surface area contributed by atoms with Crippen LogP contribution < -0.4 is 10.6 Å². The Morgan fingerprint density at radius 2 is 1.77 bits per heavy atom. The second kappa shape index (κ2) is 11.1. The molecule has 0 saturated carbocycles. The predicted molar refractivity (Wildman–Crippen MR) is 161 cm³/mol. The summed E-state index contributed by atoms with van der Waals surface area (Å²) in [6.07, 6.45) is 2.70. The maximum atomic E-state index is 14.8. The number of benzene rings is 3. The van der Waals surface area contributed by atoms with Crippen molar-refractivity contribution >= 4 is 45.7 Å². The van der Waals surface area contributed by atoms with Gasteiger partial charge in [0.2, 0.25) is 0 Å². The van der Waals surface area contributed by atoms with Gasteiger partial charge in [-0.2, -0.15) is 0 Å². The van der Waals surface area contributed by atoms with Crippen molar-refractivity contribution < 1.29 is 13.6 Å². The molecule has 202 valence electrons. The maximum Gasteiger partial charge on any atom is 0.253 e. The molecule has 40 heavy (non-hydrogen) atoms. The van der Waals surface area contributed by atoms with E-state index in [4.69, 9.17) is 0 Å². The molecule has 0 bridgehead atoms. The number of anilines is 2. The molecule has 6 rings (SSSR count). The van der Waals surface area contributed by atoms with Gasteiger partial charge in [0.25, 0.3) is 5.91 Å². The van der Waals surface area contributed by atoms with Crippen molar-refractivity contribution in [2.75, 3.05) is 25.5 Å². The number of pyridine rings is 1. The van der Waals surface area contributed by atoms with Crippen molar-refractivity contribution in [2.45, 2.75) is 19.0 Å². The second-order valence-electron chi connectivity index (χ2n) is 9.91. The molecule has 2 N–H and O–H groups in total. The van der Waals surface area contributed by atoms with Gasteiger partial charge in [0.05, 0.1) is 17.8 Å². The molecular weight excluding hydrogens is 623 g/mol. The summed E-state index contributed by atoms with van der Waals surface area (Å²) >= 11 is 2.19. The van der Waals surface area contributed by atoms with Crippen LogP contribution in [0.4, 0.5) is 20.3 Å². The highest BCUT2D eigenvalue weighted by Gasteiger charge is 2.26. The summed E-state index contributed by atoms with van der Waals surface area (Å²) in [5.74, 6) is -0.660. The molecule has 0 spiro atoms. The molecule has 1 atom stereocenters. The number of aliphatic imine (C=N–C) groups is 1. The molecule has 1 saturated heterocycles. The van der Waals surface area contributed by atoms with Crippen LogP contribution in [0.25, 0.3) is 11.1 Å². The number of nitrogens with one attached hydrogen (secondary N) is 2. The van der Waals surface area contributed by atoms with Crippen LogP contribution >= 0.6 is 22.6 Å². The van der Waals surface area contributed by atoms with E-state index in [2.05, 4.69) is 43.2 Å². The van der Waals surface area contributed by atoms with Crippen LogP contribution in [0.1, 0.15) is 33.5 Å². The van der Waals surface area contributed by atoms with Gasteiger partial charge in [-0.25, -0.2) is 13.8 Å². The molecule has 1 fully saturated rings. The number of carbonyl (C=O) groups is 1. The largest absolute Gasteiger partial charge is 0.340 e. The van der Waals surface area contributed by atoms with E-state index in [1.54, 1.807) is 6.20 Å². The summed E-state index contributed by atoms with van der Waals surface area (Å²) in [7, 11) is 1.92. The average Bonchev–Trinajstić information content (AvgIpc) is 3.39. The van der Waals surface area contributed by atoms with Crippen molar-refractivity contribution in [2.24, 2.45) is 4.99 Å². The minimum Gasteiger partial charge on any atom is -0.340 e. The van der Waals surface area contributed by atoms with E-state index in [9.17, 15) is 13.6 Å². The Labute approximate surface area is 244 Å². The van der Waals surface area contributed by atoms with Gasteiger partial charge >= 0.3 is 0 Å². The minimum absolute atomic E-state index is 0.0285. The summed E-state index contributed by atoms with van der Waals surface area (Å²) in [5.41, 5.74) is 4.82. The van der Waals surface area contributed by atoms with Gasteiger partial charge < -0.3 is 15.5 Å². The Morgan fingerprint density at radius 1 is 1.00 bits per heavy atom. The minimum atomic E-state index is -0.650. The van der Waals surface area contributed by atoms with E-state index in [0.29, 0.717) is 29.5 Å². The van der Waals surface area contributed by atoms with Gasteiger partial charge in [0, 0.05) is 45.7 Å². The van der Waals surface area contributed by atoms with E-state index in [0.717, 1.165) is 38.9 Å². The zero-order valence-corrected chi connectivity index (χ0v) is 23.9. The summed E-state index contributed by atoms with van der Waals surface area (Å²) in [4.78, 5) is 24.0. The van der Waals surface area contributed by atoms with E-state index < -0.39 is 11.6 Å². The number of hydrogen-bond acceptors (Lipinski definition) is 5. The van der Waals surface area contributed by atoms with Crippen LogP contribution in [0, 0.1) is 15.2 Å². The highest BCUT2D eigenvalue weighted by Crippen LogP contribution is 2.36. The van der Waals surface area contributed by atoms with Crippen molar-refractivity contribution in [1.82, 2.24) is 15.2 Å². The lowest BCUT2D eigenvalue weighted by Gasteiger charge is -2.17. The number of halogens is 3. The normalized spacial score (nSPS) is 16.1. The Balaban J connectivity index is 1.29. The first-order valence-electron chi connectivity index (χ1n) is 13.0. The maximum absolute atomic E-state index is 14.8. The van der Waals surface area contributed by atoms with Crippen LogP contribution in [-0.2, 0) is 6.54 Å². The Kier molecular flexibility index (Phi) is 7.33. The van der Waals surface area contributed by atoms with Gasteiger partial charge in [-0.3, -0.25) is 9.79 Å². The Morgan fingerprint density at radius 3 is 2.50 bits per heavy atom. The number of likely N-dealkylation sites (N-methyl/N-ethyl adjacent to an activating group) is 1. The van der Waals surface area contributed by atoms with Gasteiger partial charge in [-0.15, -0.1) is 0 Å². The summed E-state index contributed by atoms with van der Waals surface area (Å²) in [6.45, 7) is 1.70. The van der Waals surface area contributed by atoms with E-state index in [1.807, 2.05) is 60.5 Å². The lowest BCUT2D eigenvalue weighted by atomic mass is 9.92. The number of aromatic nitrogens is 1. The van der Waals surface area contributed by atoms with Gasteiger partial charge in [-0.05, 0) is 107 Å². The lowest BCUT2D eigenvalue weighted by Crippen LogP contribution is -2.33. The standard InChI is InChI=1S/C31H26F2IN5O/c1-35-22-11-12-39(17-22)31(40)18-5-8-21(9-6-18)38-28-14-24-19(15-36-28)16-37-30(25-13-20(34)7-10-23(24)25)29-26(32)3-2-4-27(29)33/h2-10,13-15,22,35H,11-12,16-17H2,1H3,(H,36,38). The quantitative estimate of drug-likeness (QED) is 0.254. The van der Waals surface area contributed by atoms with Gasteiger partial charge in [0.1, 0.15) is 17.5 Å². The first-order chi connectivity index (χ1) is 19.4. The molecule has 0 aliphatic carbocycles. The zero-order valence-electron chi connectivity index (χ0n) is 21.7. The number of nitrogens with zero attached hydrogens (tertiary/aromatic N) is 3. The summed E-state index contributed by atoms with van der Waals surface area (Å²) in [5, 5.41) is 6.56. The highest BCUT2D eigenvalue weighted by atomic mass is 127. The van der Waals surface area contributed by atoms with Crippen LogP contribution in [-0.4, -0.2) is 47.7 Å². The Bertz CT molecular complexity index is 1620. The fourth-order valence-corrected chi connectivity index (χ4v) is 5.76. The SMILES string of the molecule is CNC1CCN(C(=O)c2ccc(Nc3cc4c(cn3)CN=C(c3c(F)cccc3F)c3cc(I)ccc3-4)cc2)C1. The monoisotopic (exact) mass is 649 g/mol. The number of amides is 1. The predicted octanol–water partition coefficient (Wildman–Crippen LogP) is 6.16. The Hall–Kier alpha value is -3.70. The van der Waals surface area contributed by atoms with E-state index in [-0.39, 0.29) is 23.7 Å². The molecule has 2 aliphatic rings. The van der Waals surface area contributed by atoms with Crippen molar-refractivity contribution in [3.63, 3.8) is 0 Å². The van der Waals surface area contributed by atoms with E-state index >= 15 is 0 Å². The summed E-state index contributed by atoms with van der Waals surface area (Å²) in [6, 6.07) is 19.3. The molecule has 1 amide bonds. The fourth-order valence-electron chi connectivity index (χ4n) is 5.27. The second-order valence-corrected chi connectivity index (χ2v) is 11.2. The highest BCUT2D eigenvalue weighted by molar-refractivity contribution is 14.1. The number of carbonyl (C=O) groups excluding carboxylic acids is 1. The lowest BCUT2D eigenvalue weighted by molar-refractivity contribution is 0.0789. The first kappa shape index (κ1) is 26.5. The van der Waals surface area contributed by atoms with Crippen LogP contribution in [0.3, 0.4) is 0 Å². The first-order valence-corrected chi connectivity index (χ1v) is 14.1. The zero-order chi connectivity index (χ0) is 27.8. The molecule has 4 aromatic rings. The topological polar surface area (TPSA) is 69.6 Å². The molecule has 3 aromatic carbocycles. The van der Waals surface area contributed by atoms with E-state index in [1.165, 1.54) is 18.2 Å². The third kappa shape index (κ3) is 5.11. The van der Waals surface area contributed by atoms with Crippen LogP contribution in [0.15, 0.2) is 77.9 Å². The number of likely N-dealkylation sites (tertiary alicyclic amines) is 1. The number of rotatable bonds is 5. The molecule has 2 aliphatic heterocycles. The molecule has 1 unspecified atom stereocenters. The van der Waals surface area contributed by atoms with Crippen LogP contribution in [0.2, 0.25) is 0 Å². The third-order valence-electron chi connectivity index (χ3n) is 7.41. The molecule has 1 aromatic heterocycles. The van der Waals surface area contributed by atoms with Gasteiger partial charge in [0.15, 0.2) is 0 Å². The third-order valence-corrected chi connectivity index (χ3v) is 8.08. The molecule has 3 heterocycles. The summed E-state index contributed by atoms with van der Waals surface area (Å²) < 4.78 is 30.6. The fraction of sp³-hybridized carbons (Fsp3) is 0.194. The smallest absolute Gasteiger partial charge is 0.253 e. The van der Waals surface area contributed by atoms with Gasteiger partial charge in [-0.1, -0.05) is 12.1 Å². The average molecular weight is 649 g/mol. The van der Waals surface area contributed by atoms with Crippen molar-refractivity contribution in [1.29, 1.82) is 0 Å². The van der Waals surface area contributed by atoms with Crippen molar-refractivity contribution in [3.05, 3.63) is 110 Å². The number of fused-ring (bicyclic) bond motifs is 3. The molecular formula is C31H26F2IN5O. The van der Waals surface area contributed by atoms with Crippen molar-refractivity contribution in [3.8, 4) is 11.1 Å². The van der Waals surface area contributed by atoms with Crippen LogP contribution in [0.5, 0.6) is 0 Å². The molecule has 0 radical (unpaired) electrons. The molecule has 9 heteroatoms. The number of hydrogen-bond donors (Lipinski definition) is 2. The molecule has 6 nitrogen and oxygen atoms in total.